The van der Waals surface area contributed by atoms with Crippen LogP contribution in [0.3, 0.4) is 0 Å². The third-order valence-corrected chi connectivity index (χ3v) is 5.35. The van der Waals surface area contributed by atoms with Gasteiger partial charge in [-0.25, -0.2) is 8.42 Å². The van der Waals surface area contributed by atoms with E-state index < -0.39 is 15.6 Å². The second-order valence-electron chi connectivity index (χ2n) is 7.90. The maximum Gasteiger partial charge on any atom is 0.251 e. The van der Waals surface area contributed by atoms with E-state index in [0.717, 1.165) is 17.6 Å². The number of fused-ring (bicyclic) bond motifs is 1. The van der Waals surface area contributed by atoms with Gasteiger partial charge in [0.05, 0.1) is 25.1 Å². The van der Waals surface area contributed by atoms with E-state index in [1.165, 1.54) is 0 Å². The van der Waals surface area contributed by atoms with E-state index >= 15 is 0 Å². The minimum absolute atomic E-state index is 0.240. The smallest absolute Gasteiger partial charge is 0.251 e. The molecule has 0 saturated carbocycles. The number of rotatable bonds is 5. The van der Waals surface area contributed by atoms with Gasteiger partial charge in [-0.15, -0.1) is 0 Å². The van der Waals surface area contributed by atoms with Crippen molar-refractivity contribution < 1.29 is 22.7 Å². The predicted octanol–water partition coefficient (Wildman–Crippen LogP) is 3.41. The topological polar surface area (TPSA) is 93.7 Å². The van der Waals surface area contributed by atoms with Crippen LogP contribution in [0.25, 0.3) is 0 Å². The van der Waals surface area contributed by atoms with Gasteiger partial charge in [-0.3, -0.25) is 9.52 Å². The molecule has 0 spiro atoms. The molecule has 2 N–H and O–H groups in total. The first-order valence-electron chi connectivity index (χ1n) is 9.24. The number of aryl methyl sites for hydroxylation is 1. The van der Waals surface area contributed by atoms with Crippen LogP contribution in [0.15, 0.2) is 36.4 Å². The molecule has 29 heavy (non-hydrogen) atoms. The molecule has 156 valence electrons. The molecule has 0 radical (unpaired) electrons. The maximum atomic E-state index is 12.9. The summed E-state index contributed by atoms with van der Waals surface area (Å²) in [7, 11) is -1.79. The van der Waals surface area contributed by atoms with E-state index in [1.54, 1.807) is 32.2 Å². The van der Waals surface area contributed by atoms with Gasteiger partial charge in [-0.2, -0.15) is 0 Å². The molecule has 3 rings (SSSR count). The molecule has 1 amide bonds. The van der Waals surface area contributed by atoms with Crippen LogP contribution in [0.5, 0.6) is 11.5 Å². The third kappa shape index (κ3) is 5.00. The average molecular weight is 419 g/mol. The van der Waals surface area contributed by atoms with Crippen LogP contribution in [-0.4, -0.2) is 33.3 Å². The SMILES string of the molecule is COc1ccc2c(c1)[C@H](NC(=O)c1ccc(NS(C)(=O)=O)c(C)c1)CC(C)(C)O2. The lowest BCUT2D eigenvalue weighted by Crippen LogP contribution is -2.41. The van der Waals surface area contributed by atoms with Crippen molar-refractivity contribution in [3.05, 3.63) is 53.1 Å². The summed E-state index contributed by atoms with van der Waals surface area (Å²) in [5.41, 5.74) is 2.00. The molecule has 1 aliphatic heterocycles. The average Bonchev–Trinajstić information content (AvgIpc) is 2.61. The number of nitrogens with one attached hydrogen (secondary N) is 2. The molecule has 0 unspecified atom stereocenters. The molecule has 1 aliphatic rings. The van der Waals surface area contributed by atoms with Crippen molar-refractivity contribution in [3.8, 4) is 11.5 Å². The predicted molar refractivity (Wildman–Crippen MR) is 112 cm³/mol. The molecule has 2 aromatic rings. The van der Waals surface area contributed by atoms with Crippen molar-refractivity contribution >= 4 is 21.6 Å². The molecule has 7 nitrogen and oxygen atoms in total. The summed E-state index contributed by atoms with van der Waals surface area (Å²) in [6.07, 6.45) is 1.69. The molecule has 0 aromatic heterocycles. The van der Waals surface area contributed by atoms with Crippen molar-refractivity contribution in [2.24, 2.45) is 0 Å². The Kier molecular flexibility index (Phi) is 5.49. The molecule has 1 atom stereocenters. The number of hydrogen-bond acceptors (Lipinski definition) is 5. The van der Waals surface area contributed by atoms with Gasteiger partial charge in [0.2, 0.25) is 10.0 Å². The van der Waals surface area contributed by atoms with Crippen molar-refractivity contribution in [1.29, 1.82) is 0 Å². The highest BCUT2D eigenvalue weighted by Crippen LogP contribution is 2.41. The monoisotopic (exact) mass is 418 g/mol. The molecule has 2 aromatic carbocycles. The lowest BCUT2D eigenvalue weighted by atomic mass is 9.89. The summed E-state index contributed by atoms with van der Waals surface area (Å²) < 4.78 is 36.7. The van der Waals surface area contributed by atoms with Crippen molar-refractivity contribution in [2.75, 3.05) is 18.1 Å². The highest BCUT2D eigenvalue weighted by atomic mass is 32.2. The molecular weight excluding hydrogens is 392 g/mol. The molecular formula is C21H26N2O5S. The Morgan fingerprint density at radius 3 is 2.55 bits per heavy atom. The van der Waals surface area contributed by atoms with Crippen LogP contribution in [-0.2, 0) is 10.0 Å². The van der Waals surface area contributed by atoms with Gasteiger partial charge in [0.15, 0.2) is 0 Å². The van der Waals surface area contributed by atoms with Crippen LogP contribution in [0.1, 0.15) is 47.8 Å². The molecule has 1 heterocycles. The van der Waals surface area contributed by atoms with E-state index in [-0.39, 0.29) is 11.9 Å². The van der Waals surface area contributed by atoms with Gasteiger partial charge in [0, 0.05) is 17.5 Å². The molecule has 0 fully saturated rings. The van der Waals surface area contributed by atoms with Crippen molar-refractivity contribution in [2.45, 2.75) is 38.8 Å². The first kappa shape index (κ1) is 21.0. The fourth-order valence-electron chi connectivity index (χ4n) is 3.45. The van der Waals surface area contributed by atoms with Crippen LogP contribution >= 0.6 is 0 Å². The lowest BCUT2D eigenvalue weighted by molar-refractivity contribution is 0.0618. The largest absolute Gasteiger partial charge is 0.497 e. The minimum Gasteiger partial charge on any atom is -0.497 e. The summed E-state index contributed by atoms with van der Waals surface area (Å²) in [6.45, 7) is 5.71. The summed E-state index contributed by atoms with van der Waals surface area (Å²) in [5.74, 6) is 1.17. The number of sulfonamides is 1. The van der Waals surface area contributed by atoms with Crippen LogP contribution in [0.2, 0.25) is 0 Å². The zero-order chi connectivity index (χ0) is 21.4. The fourth-order valence-corrected chi connectivity index (χ4v) is 4.08. The summed E-state index contributed by atoms with van der Waals surface area (Å²) in [5, 5.41) is 3.08. The fraction of sp³-hybridized carbons (Fsp3) is 0.381. The van der Waals surface area contributed by atoms with Crippen LogP contribution in [0, 0.1) is 6.92 Å². The Labute approximate surface area is 171 Å². The van der Waals surface area contributed by atoms with Gasteiger partial charge in [0.25, 0.3) is 5.91 Å². The summed E-state index contributed by atoms with van der Waals surface area (Å²) >= 11 is 0. The van der Waals surface area contributed by atoms with Crippen LogP contribution in [0.4, 0.5) is 5.69 Å². The Hall–Kier alpha value is -2.74. The third-order valence-electron chi connectivity index (χ3n) is 4.76. The number of ether oxygens (including phenoxy) is 2. The highest BCUT2D eigenvalue weighted by molar-refractivity contribution is 7.92. The maximum absolute atomic E-state index is 12.9. The van der Waals surface area contributed by atoms with E-state index in [1.807, 2.05) is 32.0 Å². The molecule has 0 aliphatic carbocycles. The van der Waals surface area contributed by atoms with Crippen molar-refractivity contribution in [1.82, 2.24) is 5.32 Å². The molecule has 8 heteroatoms. The van der Waals surface area contributed by atoms with Crippen LogP contribution < -0.4 is 19.5 Å². The molecule has 0 saturated heterocycles. The standard InChI is InChI=1S/C21H26N2O5S/c1-13-10-14(6-8-17(13)23-29(5,25)26)20(24)22-18-12-21(2,3)28-19-9-7-15(27-4)11-16(18)19/h6-11,18,23H,12H2,1-5H3,(H,22,24)/t18-/m1/s1. The number of carbonyl (C=O) groups excluding carboxylic acids is 1. The van der Waals surface area contributed by atoms with Gasteiger partial charge < -0.3 is 14.8 Å². The Bertz CT molecular complexity index is 1050. The number of carbonyl (C=O) groups is 1. The van der Waals surface area contributed by atoms with E-state index in [2.05, 4.69) is 10.0 Å². The second kappa shape index (κ2) is 7.59. The molecule has 0 bridgehead atoms. The van der Waals surface area contributed by atoms with E-state index in [4.69, 9.17) is 9.47 Å². The van der Waals surface area contributed by atoms with Gasteiger partial charge in [0.1, 0.15) is 17.1 Å². The minimum atomic E-state index is -3.38. The lowest BCUT2D eigenvalue weighted by Gasteiger charge is -2.38. The first-order valence-corrected chi connectivity index (χ1v) is 11.1. The number of anilines is 1. The van der Waals surface area contributed by atoms with Gasteiger partial charge >= 0.3 is 0 Å². The van der Waals surface area contributed by atoms with E-state index in [0.29, 0.717) is 29.0 Å². The highest BCUT2D eigenvalue weighted by Gasteiger charge is 2.35. The van der Waals surface area contributed by atoms with Crippen molar-refractivity contribution in [3.63, 3.8) is 0 Å². The Balaban J connectivity index is 1.86. The zero-order valence-electron chi connectivity index (χ0n) is 17.2. The van der Waals surface area contributed by atoms with E-state index in [9.17, 15) is 13.2 Å². The van der Waals surface area contributed by atoms with Gasteiger partial charge in [-0.1, -0.05) is 0 Å². The first-order chi connectivity index (χ1) is 13.5. The summed E-state index contributed by atoms with van der Waals surface area (Å²) in [4.78, 5) is 12.9. The second-order valence-corrected chi connectivity index (χ2v) is 9.65. The Morgan fingerprint density at radius 2 is 1.93 bits per heavy atom. The quantitative estimate of drug-likeness (QED) is 0.776. The zero-order valence-corrected chi connectivity index (χ0v) is 18.0. The number of benzene rings is 2. The summed E-state index contributed by atoms with van der Waals surface area (Å²) in [6, 6.07) is 10.2. The Morgan fingerprint density at radius 1 is 1.21 bits per heavy atom. The number of hydrogen-bond donors (Lipinski definition) is 2. The number of methoxy groups -OCH3 is 1. The normalized spacial score (nSPS) is 17.6. The van der Waals surface area contributed by atoms with Gasteiger partial charge in [-0.05, 0) is 62.7 Å². The number of amides is 1.